The van der Waals surface area contributed by atoms with Crippen LogP contribution in [0.15, 0.2) is 18.3 Å². The van der Waals surface area contributed by atoms with Gasteiger partial charge in [-0.2, -0.15) is 0 Å². The van der Waals surface area contributed by atoms with E-state index in [0.717, 1.165) is 25.9 Å². The lowest BCUT2D eigenvalue weighted by molar-refractivity contribution is -0.0603. The first-order valence-corrected chi connectivity index (χ1v) is 7.12. The third-order valence-electron chi connectivity index (χ3n) is 3.85. The van der Waals surface area contributed by atoms with Crippen LogP contribution < -0.4 is 0 Å². The van der Waals surface area contributed by atoms with E-state index in [-0.39, 0.29) is 17.8 Å². The number of morpholine rings is 1. The molecule has 0 aromatic carbocycles. The van der Waals surface area contributed by atoms with E-state index in [1.54, 1.807) is 6.07 Å². The number of pyridine rings is 1. The molecule has 1 N–H and O–H groups in total. The van der Waals surface area contributed by atoms with Crippen LogP contribution in [0.1, 0.15) is 32.6 Å². The van der Waals surface area contributed by atoms with Crippen molar-refractivity contribution in [2.24, 2.45) is 5.92 Å². The van der Waals surface area contributed by atoms with Gasteiger partial charge in [0, 0.05) is 25.0 Å². The molecule has 1 aromatic heterocycles. The first kappa shape index (κ1) is 15.4. The number of aliphatic hydroxyl groups excluding tert-OH is 1. The summed E-state index contributed by atoms with van der Waals surface area (Å²) in [6.45, 7) is 8.54. The van der Waals surface area contributed by atoms with E-state index in [4.69, 9.17) is 4.74 Å². The molecule has 20 heavy (non-hydrogen) atoms. The molecule has 2 heterocycles. The Morgan fingerprint density at radius 2 is 2.25 bits per heavy atom. The number of ether oxygens (including phenoxy) is 1. The van der Waals surface area contributed by atoms with Gasteiger partial charge in [0.1, 0.15) is 5.82 Å². The van der Waals surface area contributed by atoms with Crippen molar-refractivity contribution < 1.29 is 14.2 Å². The minimum absolute atomic E-state index is 0.0284. The maximum atomic E-state index is 12.9. The fourth-order valence-corrected chi connectivity index (χ4v) is 2.55. The van der Waals surface area contributed by atoms with Gasteiger partial charge in [-0.15, -0.1) is 0 Å². The fraction of sp³-hybridized carbons (Fsp3) is 0.667. The van der Waals surface area contributed by atoms with Gasteiger partial charge in [0.15, 0.2) is 0 Å². The molecule has 4 atom stereocenters. The predicted octanol–water partition coefficient (Wildman–Crippen LogP) is 2.00. The molecule has 4 nitrogen and oxygen atoms in total. The summed E-state index contributed by atoms with van der Waals surface area (Å²) in [4.78, 5) is 6.28. The minimum atomic E-state index is -0.680. The minimum Gasteiger partial charge on any atom is -0.386 e. The average molecular weight is 282 g/mol. The van der Waals surface area contributed by atoms with Crippen molar-refractivity contribution in [1.29, 1.82) is 0 Å². The number of rotatable bonds is 4. The van der Waals surface area contributed by atoms with Crippen molar-refractivity contribution in [3.63, 3.8) is 0 Å². The number of hydrogen-bond acceptors (Lipinski definition) is 4. The van der Waals surface area contributed by atoms with Gasteiger partial charge in [-0.3, -0.25) is 9.88 Å². The number of nitrogens with zero attached hydrogens (tertiary/aromatic N) is 2. The van der Waals surface area contributed by atoms with Crippen LogP contribution >= 0.6 is 0 Å². The highest BCUT2D eigenvalue weighted by atomic mass is 19.1. The Morgan fingerprint density at radius 3 is 2.90 bits per heavy atom. The Kier molecular flexibility index (Phi) is 5.07. The van der Waals surface area contributed by atoms with Crippen molar-refractivity contribution in [3.05, 3.63) is 29.8 Å². The Morgan fingerprint density at radius 1 is 1.50 bits per heavy atom. The molecule has 0 radical (unpaired) electrons. The molecule has 0 spiro atoms. The highest BCUT2D eigenvalue weighted by Gasteiger charge is 2.27. The fourth-order valence-electron chi connectivity index (χ4n) is 2.55. The van der Waals surface area contributed by atoms with Crippen LogP contribution in [0.2, 0.25) is 0 Å². The number of aromatic nitrogens is 1. The number of halogens is 1. The topological polar surface area (TPSA) is 45.6 Å². The third kappa shape index (κ3) is 3.75. The Hall–Kier alpha value is -1.04. The van der Waals surface area contributed by atoms with Gasteiger partial charge in [-0.05, 0) is 26.0 Å². The SMILES string of the molecule is CC1CN(CC(C)C(O)c2ccc(F)cn2)C(C)CO1. The molecule has 5 heteroatoms. The molecule has 0 bridgehead atoms. The van der Waals surface area contributed by atoms with Crippen LogP contribution in [-0.2, 0) is 4.74 Å². The first-order chi connectivity index (χ1) is 9.47. The average Bonchev–Trinajstić information content (AvgIpc) is 2.43. The van der Waals surface area contributed by atoms with Crippen LogP contribution in [0, 0.1) is 11.7 Å². The van der Waals surface area contributed by atoms with Crippen molar-refractivity contribution in [3.8, 4) is 0 Å². The highest BCUT2D eigenvalue weighted by Crippen LogP contribution is 2.23. The van der Waals surface area contributed by atoms with Crippen molar-refractivity contribution in [1.82, 2.24) is 9.88 Å². The van der Waals surface area contributed by atoms with Gasteiger partial charge >= 0.3 is 0 Å². The van der Waals surface area contributed by atoms with Gasteiger partial charge in [0.05, 0.1) is 30.7 Å². The summed E-state index contributed by atoms with van der Waals surface area (Å²) in [5, 5.41) is 10.3. The zero-order chi connectivity index (χ0) is 14.7. The van der Waals surface area contributed by atoms with Gasteiger partial charge in [0.2, 0.25) is 0 Å². The predicted molar refractivity (Wildman–Crippen MR) is 74.8 cm³/mol. The molecule has 1 aliphatic heterocycles. The Bertz CT molecular complexity index is 426. The van der Waals surface area contributed by atoms with Gasteiger partial charge in [-0.25, -0.2) is 4.39 Å². The molecule has 0 saturated carbocycles. The van der Waals surface area contributed by atoms with E-state index >= 15 is 0 Å². The quantitative estimate of drug-likeness (QED) is 0.917. The standard InChI is InChI=1S/C15H23FN2O2/c1-10(7-18-8-12(3)20-9-11(18)2)15(19)14-5-4-13(16)6-17-14/h4-6,10-12,15,19H,7-9H2,1-3H3. The monoisotopic (exact) mass is 282 g/mol. The van der Waals surface area contributed by atoms with E-state index in [0.29, 0.717) is 11.7 Å². The summed E-state index contributed by atoms with van der Waals surface area (Å²) in [5.41, 5.74) is 0.521. The van der Waals surface area contributed by atoms with Gasteiger partial charge < -0.3 is 9.84 Å². The molecular formula is C15H23FN2O2. The molecule has 112 valence electrons. The molecule has 1 aliphatic rings. The Labute approximate surface area is 119 Å². The maximum Gasteiger partial charge on any atom is 0.141 e. The third-order valence-corrected chi connectivity index (χ3v) is 3.85. The lowest BCUT2D eigenvalue weighted by Crippen LogP contribution is -2.49. The molecule has 0 amide bonds. The Balaban J connectivity index is 1.96. The first-order valence-electron chi connectivity index (χ1n) is 7.12. The molecule has 4 unspecified atom stereocenters. The lowest BCUT2D eigenvalue weighted by atomic mass is 9.99. The zero-order valence-corrected chi connectivity index (χ0v) is 12.3. The second-order valence-corrected chi connectivity index (χ2v) is 5.77. The lowest BCUT2D eigenvalue weighted by Gasteiger charge is -2.38. The van der Waals surface area contributed by atoms with E-state index in [2.05, 4.69) is 23.7 Å². The summed E-state index contributed by atoms with van der Waals surface area (Å²) >= 11 is 0. The molecule has 2 rings (SSSR count). The van der Waals surface area contributed by atoms with E-state index in [9.17, 15) is 9.50 Å². The summed E-state index contributed by atoms with van der Waals surface area (Å²) in [5.74, 6) is -0.357. The van der Waals surface area contributed by atoms with Crippen LogP contribution in [0.25, 0.3) is 0 Å². The largest absolute Gasteiger partial charge is 0.386 e. The number of aliphatic hydroxyl groups is 1. The summed E-state index contributed by atoms with van der Waals surface area (Å²) < 4.78 is 18.5. The van der Waals surface area contributed by atoms with Gasteiger partial charge in [-0.1, -0.05) is 6.92 Å². The van der Waals surface area contributed by atoms with Crippen molar-refractivity contribution >= 4 is 0 Å². The molecule has 1 aromatic rings. The van der Waals surface area contributed by atoms with E-state index < -0.39 is 6.10 Å². The summed E-state index contributed by atoms with van der Waals surface area (Å²) in [7, 11) is 0. The second kappa shape index (κ2) is 6.61. The highest BCUT2D eigenvalue weighted by molar-refractivity contribution is 5.09. The second-order valence-electron chi connectivity index (χ2n) is 5.77. The molecule has 1 saturated heterocycles. The van der Waals surface area contributed by atoms with E-state index in [1.165, 1.54) is 6.07 Å². The molecular weight excluding hydrogens is 259 g/mol. The van der Waals surface area contributed by atoms with Crippen LogP contribution in [0.4, 0.5) is 4.39 Å². The van der Waals surface area contributed by atoms with Crippen molar-refractivity contribution in [2.45, 2.75) is 39.0 Å². The summed E-state index contributed by atoms with van der Waals surface area (Å²) in [6, 6.07) is 3.22. The molecule has 1 fully saturated rings. The van der Waals surface area contributed by atoms with E-state index in [1.807, 2.05) is 6.92 Å². The molecule has 0 aliphatic carbocycles. The van der Waals surface area contributed by atoms with Gasteiger partial charge in [0.25, 0.3) is 0 Å². The van der Waals surface area contributed by atoms with Crippen LogP contribution in [-0.4, -0.2) is 46.8 Å². The van der Waals surface area contributed by atoms with Crippen molar-refractivity contribution in [2.75, 3.05) is 19.7 Å². The normalized spacial score (nSPS) is 27.2. The zero-order valence-electron chi connectivity index (χ0n) is 12.3. The van der Waals surface area contributed by atoms with Crippen LogP contribution in [0.3, 0.4) is 0 Å². The smallest absolute Gasteiger partial charge is 0.141 e. The maximum absolute atomic E-state index is 12.9. The van der Waals surface area contributed by atoms with Crippen LogP contribution in [0.5, 0.6) is 0 Å². The number of hydrogen-bond donors (Lipinski definition) is 1. The summed E-state index contributed by atoms with van der Waals surface area (Å²) in [6.07, 6.45) is 0.686.